The lowest BCUT2D eigenvalue weighted by atomic mass is 10.5. The standard InChI is InChI=1S/C5H9N4O.FHO3S/c1-5(10)3-9-6-4-8(2)7-9;1-5(2,3)4/h4H,3H2,1-2H3;(H,2,3,4)/q+1;/p-1. The van der Waals surface area contributed by atoms with Crippen molar-refractivity contribution >= 4 is 16.3 Å². The Balaban J connectivity index is 0.000000336. The van der Waals surface area contributed by atoms with E-state index in [4.69, 9.17) is 13.0 Å². The molecular formula is C5H9FN4O4S. The smallest absolute Gasteiger partial charge is 0.285 e. The van der Waals surface area contributed by atoms with Crippen molar-refractivity contribution in [1.29, 1.82) is 0 Å². The highest BCUT2D eigenvalue weighted by atomic mass is 32.3. The second kappa shape index (κ2) is 5.46. The predicted molar refractivity (Wildman–Crippen MR) is 42.7 cm³/mol. The molecule has 1 rings (SSSR count). The second-order valence-corrected chi connectivity index (χ2v) is 3.31. The summed E-state index contributed by atoms with van der Waals surface area (Å²) in [6.07, 6.45) is 1.54. The molecule has 1 aromatic rings. The van der Waals surface area contributed by atoms with E-state index in [9.17, 15) is 8.68 Å². The summed E-state index contributed by atoms with van der Waals surface area (Å²) in [5, 5.41) is 7.66. The van der Waals surface area contributed by atoms with E-state index in [1.54, 1.807) is 18.1 Å². The van der Waals surface area contributed by atoms with Crippen LogP contribution >= 0.6 is 0 Å². The Labute approximate surface area is 85.3 Å². The van der Waals surface area contributed by atoms with Gasteiger partial charge in [-0.2, -0.15) is 0 Å². The van der Waals surface area contributed by atoms with Gasteiger partial charge in [0.05, 0.1) is 17.4 Å². The molecule has 15 heavy (non-hydrogen) atoms. The zero-order chi connectivity index (χ0) is 12.1. The summed E-state index contributed by atoms with van der Waals surface area (Å²) < 4.78 is 36.9. The molecule has 0 radical (unpaired) electrons. The molecule has 0 aromatic carbocycles. The van der Waals surface area contributed by atoms with Crippen LogP contribution in [-0.2, 0) is 28.9 Å². The van der Waals surface area contributed by atoms with E-state index in [0.717, 1.165) is 0 Å². The SMILES string of the molecule is CC(=O)Cn1nc[n+](C)n1.O=S(=O)([O-])F. The molecule has 0 spiro atoms. The van der Waals surface area contributed by atoms with Crippen molar-refractivity contribution in [2.24, 2.45) is 7.05 Å². The van der Waals surface area contributed by atoms with Crippen molar-refractivity contribution in [2.75, 3.05) is 0 Å². The van der Waals surface area contributed by atoms with Crippen LogP contribution in [0.15, 0.2) is 6.33 Å². The quantitative estimate of drug-likeness (QED) is 0.339. The average Bonchev–Trinajstić information content (AvgIpc) is 2.29. The minimum absolute atomic E-state index is 0.0520. The summed E-state index contributed by atoms with van der Waals surface area (Å²) in [6.45, 7) is 1.75. The molecule has 1 heterocycles. The van der Waals surface area contributed by atoms with Gasteiger partial charge < -0.3 is 4.55 Å². The lowest BCUT2D eigenvalue weighted by Gasteiger charge is -1.84. The van der Waals surface area contributed by atoms with Gasteiger partial charge in [-0.15, -0.1) is 8.57 Å². The van der Waals surface area contributed by atoms with Gasteiger partial charge in [-0.3, -0.25) is 4.79 Å². The van der Waals surface area contributed by atoms with Crippen LogP contribution in [0.5, 0.6) is 0 Å². The van der Waals surface area contributed by atoms with Crippen LogP contribution in [-0.4, -0.2) is 33.9 Å². The van der Waals surface area contributed by atoms with Gasteiger partial charge in [-0.05, 0) is 11.7 Å². The number of rotatable bonds is 2. The van der Waals surface area contributed by atoms with Crippen molar-refractivity contribution in [2.45, 2.75) is 13.5 Å². The molecule has 1 aromatic heterocycles. The molecule has 10 heteroatoms. The first-order valence-corrected chi connectivity index (χ1v) is 4.90. The minimum atomic E-state index is -5.42. The zero-order valence-electron chi connectivity index (χ0n) is 7.99. The first-order chi connectivity index (χ1) is 6.68. The van der Waals surface area contributed by atoms with Crippen LogP contribution in [0.1, 0.15) is 6.92 Å². The molecule has 0 saturated carbocycles. The van der Waals surface area contributed by atoms with Gasteiger partial charge in [-0.25, -0.2) is 8.42 Å². The number of aromatic nitrogens is 4. The van der Waals surface area contributed by atoms with Gasteiger partial charge in [0.1, 0.15) is 0 Å². The number of carbonyl (C=O) groups is 1. The first-order valence-electron chi connectivity index (χ1n) is 3.59. The third kappa shape index (κ3) is 10.5. The monoisotopic (exact) mass is 240 g/mol. The lowest BCUT2D eigenvalue weighted by Crippen LogP contribution is -2.30. The number of halogens is 1. The van der Waals surface area contributed by atoms with Crippen LogP contribution < -0.4 is 4.68 Å². The minimum Gasteiger partial charge on any atom is -0.722 e. The number of nitrogens with zero attached hydrogens (tertiary/aromatic N) is 4. The number of Topliss-reactive ketones (excluding diaryl/α,β-unsaturated/α-hetero) is 1. The summed E-state index contributed by atoms with van der Waals surface area (Å²) in [5.41, 5.74) is 0. The number of hydrogen-bond donors (Lipinski definition) is 0. The van der Waals surface area contributed by atoms with E-state index < -0.39 is 10.5 Å². The van der Waals surface area contributed by atoms with Crippen molar-refractivity contribution in [1.82, 2.24) is 15.1 Å². The molecule has 0 amide bonds. The maximum atomic E-state index is 10.5. The molecule has 0 unspecified atom stereocenters. The summed E-state index contributed by atoms with van der Waals surface area (Å²) >= 11 is 0. The summed E-state index contributed by atoms with van der Waals surface area (Å²) in [7, 11) is -3.66. The molecule has 0 aliphatic heterocycles. The van der Waals surface area contributed by atoms with Gasteiger partial charge in [0, 0.05) is 0 Å². The molecule has 86 valence electrons. The maximum absolute atomic E-state index is 10.5. The summed E-state index contributed by atoms with van der Waals surface area (Å²) in [4.78, 5) is 11.9. The van der Waals surface area contributed by atoms with E-state index in [1.807, 2.05) is 0 Å². The van der Waals surface area contributed by atoms with Gasteiger partial charge in [0.15, 0.2) is 12.3 Å². The van der Waals surface area contributed by atoms with E-state index >= 15 is 0 Å². The number of aryl methyl sites for hydroxylation is 1. The van der Waals surface area contributed by atoms with Crippen molar-refractivity contribution in [3.63, 3.8) is 0 Å². The van der Waals surface area contributed by atoms with Crippen molar-refractivity contribution in [3.05, 3.63) is 6.33 Å². The van der Waals surface area contributed by atoms with Gasteiger partial charge in [0.2, 0.25) is 0 Å². The average molecular weight is 240 g/mol. The molecule has 0 fully saturated rings. The van der Waals surface area contributed by atoms with Gasteiger partial charge >= 0.3 is 0 Å². The fourth-order valence-electron chi connectivity index (χ4n) is 0.615. The van der Waals surface area contributed by atoms with E-state index in [-0.39, 0.29) is 12.3 Å². The number of hydrogen-bond acceptors (Lipinski definition) is 6. The molecular weight excluding hydrogens is 231 g/mol. The maximum Gasteiger partial charge on any atom is 0.285 e. The Morgan fingerprint density at radius 2 is 2.13 bits per heavy atom. The van der Waals surface area contributed by atoms with E-state index in [1.165, 1.54) is 11.7 Å². The molecule has 0 N–H and O–H groups in total. The molecule has 8 nitrogen and oxygen atoms in total. The van der Waals surface area contributed by atoms with Crippen molar-refractivity contribution in [3.8, 4) is 0 Å². The Morgan fingerprint density at radius 3 is 2.40 bits per heavy atom. The Morgan fingerprint density at radius 1 is 1.67 bits per heavy atom. The fraction of sp³-hybridized carbons (Fsp3) is 0.600. The Kier molecular flexibility index (Phi) is 4.94. The van der Waals surface area contributed by atoms with Crippen LogP contribution in [0, 0.1) is 0 Å². The number of ketones is 1. The van der Waals surface area contributed by atoms with Gasteiger partial charge in [0.25, 0.3) is 16.8 Å². The van der Waals surface area contributed by atoms with Crippen molar-refractivity contribution < 1.29 is 26.3 Å². The Bertz CT molecular complexity index is 420. The van der Waals surface area contributed by atoms with E-state index in [2.05, 4.69) is 10.3 Å². The van der Waals surface area contributed by atoms with Crippen LogP contribution in [0.25, 0.3) is 0 Å². The Hall–Kier alpha value is -1.42. The fourth-order valence-corrected chi connectivity index (χ4v) is 0.615. The summed E-state index contributed by atoms with van der Waals surface area (Å²) in [6, 6.07) is 0. The number of carbonyl (C=O) groups excluding carboxylic acids is 1. The topological polar surface area (TPSA) is 109 Å². The molecule has 0 bridgehead atoms. The van der Waals surface area contributed by atoms with Crippen LogP contribution in [0.3, 0.4) is 0 Å². The van der Waals surface area contributed by atoms with Gasteiger partial charge in [-0.1, -0.05) is 0 Å². The second-order valence-electron chi connectivity index (χ2n) is 2.52. The first kappa shape index (κ1) is 13.6. The largest absolute Gasteiger partial charge is 0.722 e. The molecule has 0 aliphatic carbocycles. The third-order valence-corrected chi connectivity index (χ3v) is 0.960. The molecule has 0 saturated heterocycles. The molecule has 0 atom stereocenters. The zero-order valence-corrected chi connectivity index (χ0v) is 8.81. The predicted octanol–water partition coefficient (Wildman–Crippen LogP) is -1.89. The van der Waals surface area contributed by atoms with E-state index in [0.29, 0.717) is 0 Å². The highest BCUT2D eigenvalue weighted by Gasteiger charge is 2.05. The van der Waals surface area contributed by atoms with Crippen LogP contribution in [0.2, 0.25) is 0 Å². The summed E-state index contributed by atoms with van der Waals surface area (Å²) in [5.74, 6) is 0.0520. The third-order valence-electron chi connectivity index (χ3n) is 0.960. The number of tetrazole rings is 1. The highest BCUT2D eigenvalue weighted by Crippen LogP contribution is 1.74. The normalized spacial score (nSPS) is 10.4. The molecule has 0 aliphatic rings. The highest BCUT2D eigenvalue weighted by molar-refractivity contribution is 7.80. The van der Waals surface area contributed by atoms with Crippen LogP contribution in [0.4, 0.5) is 3.89 Å². The lowest BCUT2D eigenvalue weighted by molar-refractivity contribution is -0.733.